The maximum Gasteiger partial charge on any atom is 0.410 e. The van der Waals surface area contributed by atoms with E-state index in [2.05, 4.69) is 6.26 Å². The van der Waals surface area contributed by atoms with E-state index in [0.29, 0.717) is 5.25 Å². The molecule has 0 aromatic heterocycles. The van der Waals surface area contributed by atoms with Crippen LogP contribution in [-0.2, 0) is 4.74 Å². The third-order valence-electron chi connectivity index (χ3n) is 1.83. The van der Waals surface area contributed by atoms with Crippen LogP contribution < -0.4 is 0 Å². The molecule has 0 aliphatic carbocycles. The average Bonchev–Trinajstić information content (AvgIpc) is 1.79. The predicted octanol–water partition coefficient (Wildman–Crippen LogP) is 1.97. The van der Waals surface area contributed by atoms with E-state index in [1.54, 1.807) is 16.7 Å². The quantitative estimate of drug-likeness (QED) is 0.652. The van der Waals surface area contributed by atoms with Crippen LogP contribution in [0.2, 0.25) is 0 Å². The van der Waals surface area contributed by atoms with Gasteiger partial charge in [0.05, 0.1) is 0 Å². The van der Waals surface area contributed by atoms with E-state index in [4.69, 9.17) is 4.74 Å². The van der Waals surface area contributed by atoms with E-state index < -0.39 is 0 Å². The molecule has 3 nitrogen and oxygen atoms in total. The molecule has 0 aromatic carbocycles. The SMILES string of the molecule is CSC1CN(C(=O)OC(C)(C)C)C1. The second-order valence-corrected chi connectivity index (χ2v) is 5.38. The molecule has 0 aromatic rings. The van der Waals surface area contributed by atoms with Gasteiger partial charge in [0.25, 0.3) is 0 Å². The van der Waals surface area contributed by atoms with Gasteiger partial charge < -0.3 is 9.64 Å². The smallest absolute Gasteiger partial charge is 0.410 e. The number of amides is 1. The average molecular weight is 203 g/mol. The molecule has 0 N–H and O–H groups in total. The molecule has 1 saturated heterocycles. The van der Waals surface area contributed by atoms with Crippen molar-refractivity contribution in [3.8, 4) is 0 Å². The van der Waals surface area contributed by atoms with Gasteiger partial charge >= 0.3 is 6.09 Å². The normalized spacial score (nSPS) is 18.3. The highest BCUT2D eigenvalue weighted by Crippen LogP contribution is 2.21. The standard InChI is InChI=1S/C9H17NO2S/c1-9(2,3)12-8(11)10-5-7(6-10)13-4/h7H,5-6H2,1-4H3. The first-order valence-corrected chi connectivity index (χ1v) is 5.72. The van der Waals surface area contributed by atoms with Crippen LogP contribution in [0.5, 0.6) is 0 Å². The summed E-state index contributed by atoms with van der Waals surface area (Å²) < 4.78 is 5.21. The van der Waals surface area contributed by atoms with Crippen LogP contribution in [0.3, 0.4) is 0 Å². The molecule has 0 saturated carbocycles. The highest BCUT2D eigenvalue weighted by molar-refractivity contribution is 7.99. The Morgan fingerprint density at radius 2 is 2.00 bits per heavy atom. The van der Waals surface area contributed by atoms with Gasteiger partial charge in [-0.1, -0.05) is 0 Å². The molecule has 0 radical (unpaired) electrons. The minimum absolute atomic E-state index is 0.183. The van der Waals surface area contributed by atoms with Crippen LogP contribution in [-0.4, -0.2) is 41.2 Å². The van der Waals surface area contributed by atoms with E-state index >= 15 is 0 Å². The minimum Gasteiger partial charge on any atom is -0.444 e. The Morgan fingerprint density at radius 3 is 2.38 bits per heavy atom. The molecular weight excluding hydrogens is 186 g/mol. The highest BCUT2D eigenvalue weighted by atomic mass is 32.2. The molecule has 1 aliphatic rings. The lowest BCUT2D eigenvalue weighted by Crippen LogP contribution is -2.53. The Labute approximate surface area is 83.8 Å². The molecule has 1 aliphatic heterocycles. The molecule has 0 spiro atoms. The number of nitrogens with zero attached hydrogens (tertiary/aromatic N) is 1. The van der Waals surface area contributed by atoms with Crippen LogP contribution in [0, 0.1) is 0 Å². The molecule has 0 bridgehead atoms. The summed E-state index contributed by atoms with van der Waals surface area (Å²) in [5.41, 5.74) is -0.373. The molecule has 0 atom stereocenters. The molecule has 1 amide bonds. The van der Waals surface area contributed by atoms with E-state index in [1.165, 1.54) is 0 Å². The van der Waals surface area contributed by atoms with E-state index in [1.807, 2.05) is 20.8 Å². The van der Waals surface area contributed by atoms with E-state index in [9.17, 15) is 4.79 Å². The zero-order valence-electron chi connectivity index (χ0n) is 8.66. The lowest BCUT2D eigenvalue weighted by atomic mass is 10.2. The first-order valence-electron chi connectivity index (χ1n) is 4.43. The summed E-state index contributed by atoms with van der Waals surface area (Å²) in [4.78, 5) is 13.1. The number of rotatable bonds is 1. The van der Waals surface area contributed by atoms with Crippen molar-refractivity contribution in [1.29, 1.82) is 0 Å². The number of ether oxygens (including phenoxy) is 1. The first kappa shape index (κ1) is 10.7. The van der Waals surface area contributed by atoms with Gasteiger partial charge in [-0.05, 0) is 27.0 Å². The van der Waals surface area contributed by atoms with Gasteiger partial charge in [0, 0.05) is 18.3 Å². The number of carbonyl (C=O) groups is 1. The lowest BCUT2D eigenvalue weighted by Gasteiger charge is -2.38. The molecule has 76 valence electrons. The topological polar surface area (TPSA) is 29.5 Å². The number of hydrogen-bond acceptors (Lipinski definition) is 3. The number of hydrogen-bond donors (Lipinski definition) is 0. The summed E-state index contributed by atoms with van der Waals surface area (Å²) in [6, 6.07) is 0. The summed E-state index contributed by atoms with van der Waals surface area (Å²) >= 11 is 1.80. The number of carbonyl (C=O) groups excluding carboxylic acids is 1. The third-order valence-corrected chi connectivity index (χ3v) is 2.80. The zero-order valence-corrected chi connectivity index (χ0v) is 9.48. The van der Waals surface area contributed by atoms with Gasteiger partial charge in [-0.15, -0.1) is 0 Å². The Balaban J connectivity index is 2.27. The molecule has 4 heteroatoms. The highest BCUT2D eigenvalue weighted by Gasteiger charge is 2.32. The second kappa shape index (κ2) is 3.78. The summed E-state index contributed by atoms with van der Waals surface area (Å²) in [6.07, 6.45) is 1.88. The molecule has 0 unspecified atom stereocenters. The van der Waals surface area contributed by atoms with Crippen molar-refractivity contribution in [3.05, 3.63) is 0 Å². The summed E-state index contributed by atoms with van der Waals surface area (Å²) in [5, 5.41) is 0.604. The Bertz CT molecular complexity index is 194. The largest absolute Gasteiger partial charge is 0.444 e. The lowest BCUT2D eigenvalue weighted by molar-refractivity contribution is 0.0144. The van der Waals surface area contributed by atoms with Crippen molar-refractivity contribution in [2.45, 2.75) is 31.6 Å². The maximum absolute atomic E-state index is 11.4. The second-order valence-electron chi connectivity index (χ2n) is 4.24. The summed E-state index contributed by atoms with van der Waals surface area (Å²) in [5.74, 6) is 0. The Hall–Kier alpha value is -0.380. The molecule has 1 fully saturated rings. The van der Waals surface area contributed by atoms with Crippen molar-refractivity contribution in [3.63, 3.8) is 0 Å². The van der Waals surface area contributed by atoms with Crippen molar-refractivity contribution in [2.24, 2.45) is 0 Å². The maximum atomic E-state index is 11.4. The fourth-order valence-electron chi connectivity index (χ4n) is 1.06. The molecule has 13 heavy (non-hydrogen) atoms. The van der Waals surface area contributed by atoms with E-state index in [-0.39, 0.29) is 11.7 Å². The van der Waals surface area contributed by atoms with Crippen molar-refractivity contribution in [2.75, 3.05) is 19.3 Å². The van der Waals surface area contributed by atoms with Gasteiger partial charge in [-0.3, -0.25) is 0 Å². The van der Waals surface area contributed by atoms with Gasteiger partial charge in [0.15, 0.2) is 0 Å². The van der Waals surface area contributed by atoms with Crippen LogP contribution in [0.1, 0.15) is 20.8 Å². The molecule has 1 heterocycles. The molecular formula is C9H17NO2S. The van der Waals surface area contributed by atoms with Gasteiger partial charge in [-0.2, -0.15) is 11.8 Å². The summed E-state index contributed by atoms with van der Waals surface area (Å²) in [6.45, 7) is 7.32. The van der Waals surface area contributed by atoms with Crippen molar-refractivity contribution in [1.82, 2.24) is 4.90 Å². The fraction of sp³-hybridized carbons (Fsp3) is 0.889. The van der Waals surface area contributed by atoms with Crippen molar-refractivity contribution < 1.29 is 9.53 Å². The first-order chi connectivity index (χ1) is 5.92. The number of thioether (sulfide) groups is 1. The van der Waals surface area contributed by atoms with Gasteiger partial charge in [0.1, 0.15) is 5.60 Å². The predicted molar refractivity (Wildman–Crippen MR) is 55.1 cm³/mol. The Morgan fingerprint density at radius 1 is 1.46 bits per heavy atom. The fourth-order valence-corrected chi connectivity index (χ4v) is 1.72. The van der Waals surface area contributed by atoms with Gasteiger partial charge in [0.2, 0.25) is 0 Å². The van der Waals surface area contributed by atoms with Crippen LogP contribution >= 0.6 is 11.8 Å². The zero-order chi connectivity index (χ0) is 10.1. The molecule has 1 rings (SSSR count). The van der Waals surface area contributed by atoms with Crippen LogP contribution in [0.4, 0.5) is 4.79 Å². The Kier molecular flexibility index (Phi) is 3.11. The van der Waals surface area contributed by atoms with Crippen molar-refractivity contribution >= 4 is 17.9 Å². The van der Waals surface area contributed by atoms with Gasteiger partial charge in [-0.25, -0.2) is 4.79 Å². The monoisotopic (exact) mass is 203 g/mol. The van der Waals surface area contributed by atoms with Crippen LogP contribution in [0.15, 0.2) is 0 Å². The number of likely N-dealkylation sites (tertiary alicyclic amines) is 1. The third kappa shape index (κ3) is 3.10. The van der Waals surface area contributed by atoms with E-state index in [0.717, 1.165) is 13.1 Å². The summed E-state index contributed by atoms with van der Waals surface area (Å²) in [7, 11) is 0. The minimum atomic E-state index is -0.373. The van der Waals surface area contributed by atoms with Crippen LogP contribution in [0.25, 0.3) is 0 Å².